The van der Waals surface area contributed by atoms with Crippen molar-refractivity contribution in [1.82, 2.24) is 19.4 Å². The molecule has 2 N–H and O–H groups in total. The van der Waals surface area contributed by atoms with Gasteiger partial charge in [0, 0.05) is 44.4 Å². The molecular formula is C21H32N4O6. The average Bonchev–Trinajstić information content (AvgIpc) is 2.67. The van der Waals surface area contributed by atoms with E-state index in [9.17, 15) is 24.3 Å². The van der Waals surface area contributed by atoms with Crippen molar-refractivity contribution in [2.24, 2.45) is 5.92 Å². The largest absolute Gasteiger partial charge is 0.444 e. The van der Waals surface area contributed by atoms with Crippen LogP contribution < -0.4 is 11.2 Å². The Morgan fingerprint density at radius 1 is 1.16 bits per heavy atom. The third-order valence-corrected chi connectivity index (χ3v) is 5.99. The Bertz CT molecular complexity index is 936. The van der Waals surface area contributed by atoms with Gasteiger partial charge < -0.3 is 19.6 Å². The fourth-order valence-corrected chi connectivity index (χ4v) is 4.18. The minimum absolute atomic E-state index is 0.0400. The van der Waals surface area contributed by atoms with Crippen LogP contribution in [0.15, 0.2) is 21.9 Å². The van der Waals surface area contributed by atoms with Gasteiger partial charge in [0.05, 0.1) is 11.6 Å². The number of H-pyrrole nitrogens is 1. The second kappa shape index (κ2) is 8.49. The lowest BCUT2D eigenvalue weighted by Crippen LogP contribution is -2.56. The van der Waals surface area contributed by atoms with Gasteiger partial charge in [-0.2, -0.15) is 0 Å². The van der Waals surface area contributed by atoms with Gasteiger partial charge in [0.1, 0.15) is 5.60 Å². The third kappa shape index (κ3) is 5.36. The lowest BCUT2D eigenvalue weighted by molar-refractivity contribution is -0.144. The topological polar surface area (TPSA) is 125 Å². The van der Waals surface area contributed by atoms with Crippen molar-refractivity contribution in [2.45, 2.75) is 64.2 Å². The van der Waals surface area contributed by atoms with Crippen molar-refractivity contribution >= 4 is 12.0 Å². The normalized spacial score (nSPS) is 25.4. The SMILES string of the molecule is CC(C)(C)OC(=O)N1CCC(C(=O)N2CC[C@@](C)(O)[C@H](n3ccc(=O)[nH]c3=O)C2)CC1. The molecule has 2 aliphatic rings. The highest BCUT2D eigenvalue weighted by Crippen LogP contribution is 2.32. The third-order valence-electron chi connectivity index (χ3n) is 5.99. The Kier molecular flexibility index (Phi) is 6.31. The Hall–Kier alpha value is -2.62. The fraction of sp³-hybridized carbons (Fsp3) is 0.714. The second-order valence-corrected chi connectivity index (χ2v) is 9.67. The maximum atomic E-state index is 13.1. The summed E-state index contributed by atoms with van der Waals surface area (Å²) in [6.45, 7) is 8.52. The van der Waals surface area contributed by atoms with E-state index in [0.717, 1.165) is 0 Å². The van der Waals surface area contributed by atoms with Crippen LogP contribution in [-0.2, 0) is 9.53 Å². The van der Waals surface area contributed by atoms with E-state index in [4.69, 9.17) is 4.74 Å². The van der Waals surface area contributed by atoms with E-state index in [1.165, 1.54) is 16.8 Å². The predicted octanol–water partition coefficient (Wildman–Crippen LogP) is 0.708. The molecule has 10 nitrogen and oxygen atoms in total. The molecule has 31 heavy (non-hydrogen) atoms. The molecule has 3 rings (SSSR count). The van der Waals surface area contributed by atoms with Gasteiger partial charge in [0.15, 0.2) is 0 Å². The average molecular weight is 437 g/mol. The summed E-state index contributed by atoms with van der Waals surface area (Å²) in [7, 11) is 0. The molecule has 0 spiro atoms. The number of aliphatic hydroxyl groups is 1. The quantitative estimate of drug-likeness (QED) is 0.703. The molecule has 0 saturated carbocycles. The molecular weight excluding hydrogens is 404 g/mol. The minimum atomic E-state index is -1.20. The Morgan fingerprint density at radius 2 is 1.81 bits per heavy atom. The summed E-state index contributed by atoms with van der Waals surface area (Å²) in [6, 6.07) is 0.557. The summed E-state index contributed by atoms with van der Waals surface area (Å²) in [6.07, 6.45) is 2.37. The highest BCUT2D eigenvalue weighted by Gasteiger charge is 2.42. The van der Waals surface area contributed by atoms with Crippen LogP contribution in [-0.4, -0.2) is 73.8 Å². The first kappa shape index (κ1) is 23.1. The van der Waals surface area contributed by atoms with Crippen LogP contribution in [0, 0.1) is 5.92 Å². The standard InChI is InChI=1S/C21H32N4O6/c1-20(2,3)31-19(29)23-9-5-14(6-10-23)17(27)24-12-8-21(4,30)15(13-24)25-11-7-16(26)22-18(25)28/h7,11,14-15,30H,5-6,8-10,12-13H2,1-4H3,(H,22,26,28)/t15-,21-/m1/s1. The molecule has 0 unspecified atom stereocenters. The number of carbonyl (C=O) groups is 2. The van der Waals surface area contributed by atoms with Crippen molar-refractivity contribution in [1.29, 1.82) is 0 Å². The summed E-state index contributed by atoms with van der Waals surface area (Å²) in [5.74, 6) is -0.267. The highest BCUT2D eigenvalue weighted by molar-refractivity contribution is 5.79. The lowest BCUT2D eigenvalue weighted by atomic mass is 9.86. The van der Waals surface area contributed by atoms with Gasteiger partial charge in [0.2, 0.25) is 5.91 Å². The van der Waals surface area contributed by atoms with Crippen molar-refractivity contribution in [2.75, 3.05) is 26.2 Å². The van der Waals surface area contributed by atoms with Crippen LogP contribution in [0.2, 0.25) is 0 Å². The van der Waals surface area contributed by atoms with Gasteiger partial charge in [-0.15, -0.1) is 0 Å². The minimum Gasteiger partial charge on any atom is -0.444 e. The zero-order valence-electron chi connectivity index (χ0n) is 18.6. The molecule has 2 aliphatic heterocycles. The highest BCUT2D eigenvalue weighted by atomic mass is 16.6. The molecule has 0 radical (unpaired) electrons. The molecule has 0 bridgehead atoms. The first-order valence-corrected chi connectivity index (χ1v) is 10.7. The number of hydrogen-bond acceptors (Lipinski definition) is 6. The van der Waals surface area contributed by atoms with E-state index in [1.807, 2.05) is 20.8 Å². The van der Waals surface area contributed by atoms with Crippen molar-refractivity contribution < 1.29 is 19.4 Å². The Labute approximate surface area is 180 Å². The summed E-state index contributed by atoms with van der Waals surface area (Å²) >= 11 is 0. The molecule has 1 aromatic heterocycles. The number of piperidine rings is 2. The van der Waals surface area contributed by atoms with Crippen molar-refractivity contribution in [3.63, 3.8) is 0 Å². The van der Waals surface area contributed by atoms with Crippen LogP contribution >= 0.6 is 0 Å². The van der Waals surface area contributed by atoms with Crippen LogP contribution in [0.4, 0.5) is 4.79 Å². The smallest absolute Gasteiger partial charge is 0.410 e. The van der Waals surface area contributed by atoms with E-state index in [0.29, 0.717) is 38.9 Å². The van der Waals surface area contributed by atoms with Crippen LogP contribution in [0.1, 0.15) is 53.0 Å². The molecule has 10 heteroatoms. The van der Waals surface area contributed by atoms with Gasteiger partial charge in [-0.3, -0.25) is 19.1 Å². The maximum absolute atomic E-state index is 13.1. The number of nitrogens with one attached hydrogen (secondary N) is 1. The number of ether oxygens (including phenoxy) is 1. The van der Waals surface area contributed by atoms with E-state index < -0.39 is 28.5 Å². The lowest BCUT2D eigenvalue weighted by Gasteiger charge is -2.44. The number of hydrogen-bond donors (Lipinski definition) is 2. The summed E-state index contributed by atoms with van der Waals surface area (Å²) in [5, 5.41) is 10.8. The summed E-state index contributed by atoms with van der Waals surface area (Å²) < 4.78 is 6.68. The molecule has 2 atom stereocenters. The number of rotatable bonds is 2. The number of aromatic amines is 1. The van der Waals surface area contributed by atoms with Crippen LogP contribution in [0.25, 0.3) is 0 Å². The summed E-state index contributed by atoms with van der Waals surface area (Å²) in [4.78, 5) is 54.5. The molecule has 2 fully saturated rings. The monoisotopic (exact) mass is 436 g/mol. The molecule has 172 valence electrons. The Balaban J connectivity index is 1.65. The fourth-order valence-electron chi connectivity index (χ4n) is 4.18. The van der Waals surface area contributed by atoms with E-state index >= 15 is 0 Å². The molecule has 3 heterocycles. The van der Waals surface area contributed by atoms with Gasteiger partial charge in [-0.05, 0) is 47.0 Å². The number of carbonyl (C=O) groups excluding carboxylic acids is 2. The molecule has 2 saturated heterocycles. The van der Waals surface area contributed by atoms with Crippen LogP contribution in [0.3, 0.4) is 0 Å². The number of amides is 2. The first-order valence-electron chi connectivity index (χ1n) is 10.7. The van der Waals surface area contributed by atoms with Gasteiger partial charge in [0.25, 0.3) is 5.56 Å². The Morgan fingerprint density at radius 3 is 2.39 bits per heavy atom. The van der Waals surface area contributed by atoms with Gasteiger partial charge in [-0.25, -0.2) is 9.59 Å². The number of likely N-dealkylation sites (tertiary alicyclic amines) is 2. The van der Waals surface area contributed by atoms with E-state index in [2.05, 4.69) is 4.98 Å². The zero-order valence-corrected chi connectivity index (χ0v) is 18.6. The predicted molar refractivity (Wildman–Crippen MR) is 113 cm³/mol. The second-order valence-electron chi connectivity index (χ2n) is 9.67. The van der Waals surface area contributed by atoms with Crippen molar-refractivity contribution in [3.05, 3.63) is 33.1 Å². The molecule has 1 aromatic rings. The van der Waals surface area contributed by atoms with E-state index in [1.54, 1.807) is 16.7 Å². The van der Waals surface area contributed by atoms with Gasteiger partial charge >= 0.3 is 11.8 Å². The zero-order chi connectivity index (χ0) is 23.0. The number of nitrogens with zero attached hydrogens (tertiary/aromatic N) is 3. The molecule has 0 aliphatic carbocycles. The molecule has 2 amide bonds. The van der Waals surface area contributed by atoms with Gasteiger partial charge in [-0.1, -0.05) is 0 Å². The molecule has 0 aromatic carbocycles. The van der Waals surface area contributed by atoms with Crippen LogP contribution in [0.5, 0.6) is 0 Å². The first-order chi connectivity index (χ1) is 14.4. The summed E-state index contributed by atoms with van der Waals surface area (Å²) in [5.41, 5.74) is -2.89. The maximum Gasteiger partial charge on any atom is 0.410 e. The van der Waals surface area contributed by atoms with Crippen molar-refractivity contribution in [3.8, 4) is 0 Å². The number of aromatic nitrogens is 2. The van der Waals surface area contributed by atoms with E-state index in [-0.39, 0.29) is 24.5 Å².